The van der Waals surface area contributed by atoms with Crippen molar-refractivity contribution in [3.05, 3.63) is 30.1 Å². The van der Waals surface area contributed by atoms with Crippen molar-refractivity contribution in [3.63, 3.8) is 0 Å². The molecule has 2 unspecified atom stereocenters. The number of pyridine rings is 1. The molecule has 0 spiro atoms. The molecule has 4 heteroatoms. The van der Waals surface area contributed by atoms with Gasteiger partial charge in [-0.15, -0.1) is 0 Å². The van der Waals surface area contributed by atoms with Crippen molar-refractivity contribution in [2.75, 3.05) is 13.1 Å². The lowest BCUT2D eigenvalue weighted by atomic mass is 9.94. The van der Waals surface area contributed by atoms with Gasteiger partial charge in [-0.1, -0.05) is 0 Å². The van der Waals surface area contributed by atoms with E-state index in [-0.39, 0.29) is 11.9 Å². The van der Waals surface area contributed by atoms with Crippen LogP contribution in [0.5, 0.6) is 0 Å². The fraction of sp³-hybridized carbons (Fsp3) is 0.600. The summed E-state index contributed by atoms with van der Waals surface area (Å²) in [6.45, 7) is 4.20. The number of hydrogen-bond donors (Lipinski definition) is 2. The number of aromatic nitrogens is 1. The maximum atomic E-state index is 11.9. The van der Waals surface area contributed by atoms with Gasteiger partial charge in [0, 0.05) is 18.8 Å². The molecule has 0 aliphatic carbocycles. The molecule has 2 heterocycles. The molecular formula is C15H23N3O. The first-order chi connectivity index (χ1) is 9.25. The van der Waals surface area contributed by atoms with E-state index in [2.05, 4.69) is 15.6 Å². The summed E-state index contributed by atoms with van der Waals surface area (Å²) in [6.07, 6.45) is 7.61. The van der Waals surface area contributed by atoms with Crippen molar-refractivity contribution < 1.29 is 4.79 Å². The van der Waals surface area contributed by atoms with Crippen LogP contribution < -0.4 is 10.6 Å². The van der Waals surface area contributed by atoms with Crippen LogP contribution in [0.2, 0.25) is 0 Å². The van der Waals surface area contributed by atoms with E-state index < -0.39 is 0 Å². The third-order valence-corrected chi connectivity index (χ3v) is 3.76. The van der Waals surface area contributed by atoms with Gasteiger partial charge in [0.1, 0.15) is 0 Å². The highest BCUT2D eigenvalue weighted by Gasteiger charge is 2.15. The van der Waals surface area contributed by atoms with Gasteiger partial charge in [0.15, 0.2) is 0 Å². The van der Waals surface area contributed by atoms with E-state index in [1.165, 1.54) is 12.8 Å². The highest BCUT2D eigenvalue weighted by molar-refractivity contribution is 5.76. The second-order valence-electron chi connectivity index (χ2n) is 5.32. The van der Waals surface area contributed by atoms with Gasteiger partial charge in [0.25, 0.3) is 0 Å². The summed E-state index contributed by atoms with van der Waals surface area (Å²) in [5.74, 6) is 0.811. The SMILES string of the molecule is CC(NC(=O)CCC1CCCNC1)c1ccncc1. The molecule has 1 aromatic heterocycles. The molecule has 4 nitrogen and oxygen atoms in total. The highest BCUT2D eigenvalue weighted by Crippen LogP contribution is 2.16. The number of carbonyl (C=O) groups is 1. The molecule has 1 saturated heterocycles. The molecule has 2 atom stereocenters. The summed E-state index contributed by atoms with van der Waals surface area (Å²) >= 11 is 0. The van der Waals surface area contributed by atoms with Crippen LogP contribution in [0.1, 0.15) is 44.2 Å². The van der Waals surface area contributed by atoms with Crippen LogP contribution in [0.4, 0.5) is 0 Å². The fourth-order valence-electron chi connectivity index (χ4n) is 2.55. The molecule has 1 aliphatic rings. The van der Waals surface area contributed by atoms with Gasteiger partial charge < -0.3 is 10.6 Å². The molecule has 0 bridgehead atoms. The normalized spacial score (nSPS) is 20.8. The molecule has 0 aromatic carbocycles. The Morgan fingerprint density at radius 3 is 3.00 bits per heavy atom. The van der Waals surface area contributed by atoms with Gasteiger partial charge in [-0.2, -0.15) is 0 Å². The standard InChI is InChI=1S/C15H23N3O/c1-12(14-6-9-16-10-7-14)18-15(19)5-4-13-3-2-8-17-11-13/h6-7,9-10,12-13,17H,2-5,8,11H2,1H3,(H,18,19). The van der Waals surface area contributed by atoms with Gasteiger partial charge in [0.05, 0.1) is 6.04 Å². The number of amides is 1. The third kappa shape index (κ3) is 4.63. The summed E-state index contributed by atoms with van der Waals surface area (Å²) < 4.78 is 0. The topological polar surface area (TPSA) is 54.0 Å². The van der Waals surface area contributed by atoms with Gasteiger partial charge in [-0.3, -0.25) is 9.78 Å². The Hall–Kier alpha value is -1.42. The molecule has 104 valence electrons. The van der Waals surface area contributed by atoms with Gasteiger partial charge in [-0.05, 0) is 62.9 Å². The average Bonchev–Trinajstić information content (AvgIpc) is 2.47. The number of rotatable bonds is 5. The van der Waals surface area contributed by atoms with E-state index in [1.54, 1.807) is 12.4 Å². The number of carbonyl (C=O) groups excluding carboxylic acids is 1. The van der Waals surface area contributed by atoms with Crippen molar-refractivity contribution >= 4 is 5.91 Å². The lowest BCUT2D eigenvalue weighted by molar-refractivity contribution is -0.122. The Balaban J connectivity index is 1.71. The van der Waals surface area contributed by atoms with Crippen LogP contribution >= 0.6 is 0 Å². The van der Waals surface area contributed by atoms with Crippen LogP contribution in [0.3, 0.4) is 0 Å². The predicted molar refractivity (Wildman–Crippen MR) is 75.6 cm³/mol. The Morgan fingerprint density at radius 2 is 2.32 bits per heavy atom. The lowest BCUT2D eigenvalue weighted by Gasteiger charge is -2.22. The van der Waals surface area contributed by atoms with Crippen LogP contribution in [-0.2, 0) is 4.79 Å². The maximum Gasteiger partial charge on any atom is 0.220 e. The largest absolute Gasteiger partial charge is 0.350 e. The van der Waals surface area contributed by atoms with E-state index in [1.807, 2.05) is 19.1 Å². The summed E-state index contributed by atoms with van der Waals surface area (Å²) in [4.78, 5) is 15.9. The second-order valence-corrected chi connectivity index (χ2v) is 5.32. The van der Waals surface area contributed by atoms with Gasteiger partial charge >= 0.3 is 0 Å². The Kier molecular flexibility index (Phi) is 5.33. The molecule has 2 N–H and O–H groups in total. The molecule has 2 rings (SSSR count). The fourth-order valence-corrected chi connectivity index (χ4v) is 2.55. The summed E-state index contributed by atoms with van der Waals surface area (Å²) in [5.41, 5.74) is 1.10. The smallest absolute Gasteiger partial charge is 0.220 e. The zero-order chi connectivity index (χ0) is 13.5. The first kappa shape index (κ1) is 14.0. The first-order valence-corrected chi connectivity index (χ1v) is 7.15. The summed E-state index contributed by atoms with van der Waals surface area (Å²) in [5, 5.41) is 6.44. The number of nitrogens with one attached hydrogen (secondary N) is 2. The van der Waals surface area contributed by atoms with Crippen LogP contribution in [0, 0.1) is 5.92 Å². The third-order valence-electron chi connectivity index (χ3n) is 3.76. The predicted octanol–water partition coefficient (Wildman–Crippen LogP) is 2.04. The van der Waals surface area contributed by atoms with Crippen molar-refractivity contribution in [2.45, 2.75) is 38.6 Å². The lowest BCUT2D eigenvalue weighted by Crippen LogP contribution is -2.31. The van der Waals surface area contributed by atoms with E-state index in [4.69, 9.17) is 0 Å². The minimum absolute atomic E-state index is 0.0555. The minimum Gasteiger partial charge on any atom is -0.350 e. The number of hydrogen-bond acceptors (Lipinski definition) is 3. The Labute approximate surface area is 115 Å². The van der Waals surface area contributed by atoms with E-state index in [0.717, 1.165) is 25.1 Å². The molecule has 0 radical (unpaired) electrons. The van der Waals surface area contributed by atoms with Crippen LogP contribution in [0.25, 0.3) is 0 Å². The number of piperidine rings is 1. The average molecular weight is 261 g/mol. The van der Waals surface area contributed by atoms with E-state index in [0.29, 0.717) is 12.3 Å². The van der Waals surface area contributed by atoms with Crippen molar-refractivity contribution in [1.29, 1.82) is 0 Å². The first-order valence-electron chi connectivity index (χ1n) is 7.15. The monoisotopic (exact) mass is 261 g/mol. The molecular weight excluding hydrogens is 238 g/mol. The van der Waals surface area contributed by atoms with Crippen molar-refractivity contribution in [2.24, 2.45) is 5.92 Å². The molecule has 1 aromatic rings. The Bertz CT molecular complexity index is 388. The minimum atomic E-state index is 0.0555. The van der Waals surface area contributed by atoms with Crippen molar-refractivity contribution in [3.8, 4) is 0 Å². The Morgan fingerprint density at radius 1 is 1.53 bits per heavy atom. The quantitative estimate of drug-likeness (QED) is 0.853. The van der Waals surface area contributed by atoms with E-state index >= 15 is 0 Å². The van der Waals surface area contributed by atoms with E-state index in [9.17, 15) is 4.79 Å². The molecule has 1 fully saturated rings. The molecule has 0 saturated carbocycles. The number of nitrogens with zero attached hydrogens (tertiary/aromatic N) is 1. The van der Waals surface area contributed by atoms with Gasteiger partial charge in [-0.25, -0.2) is 0 Å². The van der Waals surface area contributed by atoms with Crippen LogP contribution in [0.15, 0.2) is 24.5 Å². The summed E-state index contributed by atoms with van der Waals surface area (Å²) in [7, 11) is 0. The molecule has 1 aliphatic heterocycles. The zero-order valence-electron chi connectivity index (χ0n) is 11.6. The molecule has 1 amide bonds. The highest BCUT2D eigenvalue weighted by atomic mass is 16.1. The van der Waals surface area contributed by atoms with Gasteiger partial charge in [0.2, 0.25) is 5.91 Å². The summed E-state index contributed by atoms with van der Waals surface area (Å²) in [6, 6.07) is 3.94. The molecule has 19 heavy (non-hydrogen) atoms. The maximum absolute atomic E-state index is 11.9. The second kappa shape index (κ2) is 7.24. The van der Waals surface area contributed by atoms with Crippen LogP contribution in [-0.4, -0.2) is 24.0 Å². The van der Waals surface area contributed by atoms with Crippen molar-refractivity contribution in [1.82, 2.24) is 15.6 Å². The zero-order valence-corrected chi connectivity index (χ0v) is 11.6.